The Labute approximate surface area is 134 Å². The maximum absolute atomic E-state index is 12.5. The van der Waals surface area contributed by atoms with Gasteiger partial charge in [-0.3, -0.25) is 14.4 Å². The molecule has 1 aliphatic rings. The van der Waals surface area contributed by atoms with Gasteiger partial charge in [0.25, 0.3) is 5.91 Å². The highest BCUT2D eigenvalue weighted by molar-refractivity contribution is 5.98. The average Bonchev–Trinajstić information content (AvgIpc) is 2.58. The monoisotopic (exact) mass is 320 g/mol. The van der Waals surface area contributed by atoms with Crippen molar-refractivity contribution in [1.29, 1.82) is 0 Å². The molecule has 0 unspecified atom stereocenters. The minimum atomic E-state index is -0.776. The number of fused-ring (bicyclic) bond motifs is 1. The number of benzene rings is 1. The van der Waals surface area contributed by atoms with Crippen LogP contribution in [0.1, 0.15) is 19.8 Å². The van der Waals surface area contributed by atoms with E-state index in [9.17, 15) is 14.4 Å². The molecule has 0 aliphatic carbocycles. The van der Waals surface area contributed by atoms with Crippen LogP contribution in [0.2, 0.25) is 0 Å². The molecule has 1 N–H and O–H groups in total. The minimum absolute atomic E-state index is 0.0108. The predicted octanol–water partition coefficient (Wildman–Crippen LogP) is 0.870. The van der Waals surface area contributed by atoms with Crippen LogP contribution in [0.3, 0.4) is 0 Å². The first-order valence-corrected chi connectivity index (χ1v) is 7.50. The van der Waals surface area contributed by atoms with Gasteiger partial charge < -0.3 is 19.7 Å². The molecule has 0 spiro atoms. The third kappa shape index (κ3) is 4.00. The van der Waals surface area contributed by atoms with Gasteiger partial charge in [0.2, 0.25) is 5.91 Å². The summed E-state index contributed by atoms with van der Waals surface area (Å²) in [6, 6.07) is 7.01. The number of likely N-dealkylation sites (N-methyl/N-ethyl adjacent to an activating group) is 1. The molecule has 0 saturated carbocycles. The molecule has 23 heavy (non-hydrogen) atoms. The predicted molar refractivity (Wildman–Crippen MR) is 83.1 cm³/mol. The molecule has 0 saturated heterocycles. The van der Waals surface area contributed by atoms with Crippen molar-refractivity contribution in [3.63, 3.8) is 0 Å². The zero-order chi connectivity index (χ0) is 16.8. The van der Waals surface area contributed by atoms with E-state index in [-0.39, 0.29) is 37.8 Å². The van der Waals surface area contributed by atoms with E-state index in [0.29, 0.717) is 11.4 Å². The number of para-hydroxylation sites is 2. The number of nitrogens with zero attached hydrogens (tertiary/aromatic N) is 1. The summed E-state index contributed by atoms with van der Waals surface area (Å²) in [7, 11) is 1.51. The van der Waals surface area contributed by atoms with Gasteiger partial charge in [-0.25, -0.2) is 0 Å². The summed E-state index contributed by atoms with van der Waals surface area (Å²) in [5.74, 6) is -0.493. The van der Waals surface area contributed by atoms with Crippen LogP contribution in [0.4, 0.5) is 5.69 Å². The van der Waals surface area contributed by atoms with Gasteiger partial charge in [-0.1, -0.05) is 12.1 Å². The number of esters is 1. The normalized spacial score (nSPS) is 16.1. The van der Waals surface area contributed by atoms with E-state index in [4.69, 9.17) is 9.47 Å². The molecule has 7 heteroatoms. The van der Waals surface area contributed by atoms with Crippen LogP contribution in [0.5, 0.6) is 5.75 Å². The van der Waals surface area contributed by atoms with Crippen LogP contribution < -0.4 is 15.0 Å². The van der Waals surface area contributed by atoms with Crippen molar-refractivity contribution in [2.24, 2.45) is 0 Å². The fourth-order valence-corrected chi connectivity index (χ4v) is 2.35. The summed E-state index contributed by atoms with van der Waals surface area (Å²) in [6.45, 7) is 2.11. The fraction of sp³-hybridized carbons (Fsp3) is 0.438. The second kappa shape index (κ2) is 7.62. The maximum atomic E-state index is 12.5. The Morgan fingerprint density at radius 2 is 2.04 bits per heavy atom. The molecule has 0 radical (unpaired) electrons. The van der Waals surface area contributed by atoms with E-state index in [1.54, 1.807) is 31.2 Å². The lowest BCUT2D eigenvalue weighted by Gasteiger charge is -2.34. The Morgan fingerprint density at radius 3 is 2.74 bits per heavy atom. The molecule has 1 aromatic rings. The van der Waals surface area contributed by atoms with Crippen molar-refractivity contribution >= 4 is 23.5 Å². The molecule has 124 valence electrons. The van der Waals surface area contributed by atoms with Gasteiger partial charge in [-0.05, 0) is 19.1 Å². The quantitative estimate of drug-likeness (QED) is 0.814. The Balaban J connectivity index is 2.13. The standard InChI is InChI=1S/C16H20N2O5/c1-3-22-15(20)9-8-14(19)18-10-13(16(21)17-2)23-12-7-5-4-6-11(12)18/h4-7,13H,3,8-10H2,1-2H3,(H,17,21)/t13-/m1/s1. The highest BCUT2D eigenvalue weighted by atomic mass is 16.5. The number of carbonyl (C=O) groups excluding carboxylic acids is 3. The second-order valence-electron chi connectivity index (χ2n) is 5.00. The number of ether oxygens (including phenoxy) is 2. The molecule has 1 atom stereocenters. The van der Waals surface area contributed by atoms with E-state index >= 15 is 0 Å². The molecule has 1 aromatic carbocycles. The molecule has 0 bridgehead atoms. The lowest BCUT2D eigenvalue weighted by molar-refractivity contribution is -0.144. The van der Waals surface area contributed by atoms with Gasteiger partial charge in [-0.15, -0.1) is 0 Å². The zero-order valence-electron chi connectivity index (χ0n) is 13.2. The van der Waals surface area contributed by atoms with E-state index in [1.807, 2.05) is 0 Å². The lowest BCUT2D eigenvalue weighted by Crippen LogP contribution is -2.50. The first-order valence-electron chi connectivity index (χ1n) is 7.50. The van der Waals surface area contributed by atoms with Crippen molar-refractivity contribution in [1.82, 2.24) is 5.32 Å². The average molecular weight is 320 g/mol. The van der Waals surface area contributed by atoms with Crippen LogP contribution in [0, 0.1) is 0 Å². The number of nitrogens with one attached hydrogen (secondary N) is 1. The molecule has 0 fully saturated rings. The Bertz CT molecular complexity index is 602. The van der Waals surface area contributed by atoms with Crippen molar-refractivity contribution in [3.05, 3.63) is 24.3 Å². The highest BCUT2D eigenvalue weighted by Gasteiger charge is 2.33. The van der Waals surface area contributed by atoms with Gasteiger partial charge in [0, 0.05) is 13.5 Å². The second-order valence-corrected chi connectivity index (χ2v) is 5.00. The number of carbonyl (C=O) groups is 3. The molecule has 1 heterocycles. The molecular weight excluding hydrogens is 300 g/mol. The first-order chi connectivity index (χ1) is 11.1. The third-order valence-corrected chi connectivity index (χ3v) is 3.46. The SMILES string of the molecule is CCOC(=O)CCC(=O)N1C[C@H](C(=O)NC)Oc2ccccc21. The van der Waals surface area contributed by atoms with Gasteiger partial charge >= 0.3 is 5.97 Å². The topological polar surface area (TPSA) is 84.9 Å². The molecular formula is C16H20N2O5. The van der Waals surface area contributed by atoms with Crippen LogP contribution in [0.25, 0.3) is 0 Å². The smallest absolute Gasteiger partial charge is 0.306 e. The number of hydrogen-bond donors (Lipinski definition) is 1. The van der Waals surface area contributed by atoms with Crippen LogP contribution in [-0.4, -0.2) is 44.1 Å². The number of hydrogen-bond acceptors (Lipinski definition) is 5. The minimum Gasteiger partial charge on any atom is -0.477 e. The van der Waals surface area contributed by atoms with E-state index in [1.165, 1.54) is 11.9 Å². The summed E-state index contributed by atoms with van der Waals surface area (Å²) in [4.78, 5) is 37.2. The molecule has 1 aliphatic heterocycles. The number of rotatable bonds is 5. The van der Waals surface area contributed by atoms with Gasteiger partial charge in [0.1, 0.15) is 5.75 Å². The van der Waals surface area contributed by atoms with Crippen molar-refractivity contribution in [2.45, 2.75) is 25.9 Å². The lowest BCUT2D eigenvalue weighted by atomic mass is 10.1. The van der Waals surface area contributed by atoms with Crippen LogP contribution >= 0.6 is 0 Å². The van der Waals surface area contributed by atoms with Gasteiger partial charge in [-0.2, -0.15) is 0 Å². The molecule has 7 nitrogen and oxygen atoms in total. The van der Waals surface area contributed by atoms with Crippen molar-refractivity contribution in [3.8, 4) is 5.75 Å². The van der Waals surface area contributed by atoms with E-state index in [0.717, 1.165) is 0 Å². The third-order valence-electron chi connectivity index (χ3n) is 3.46. The molecule has 0 aromatic heterocycles. The largest absolute Gasteiger partial charge is 0.477 e. The van der Waals surface area contributed by atoms with Crippen molar-refractivity contribution < 1.29 is 23.9 Å². The van der Waals surface area contributed by atoms with E-state index in [2.05, 4.69) is 5.32 Å². The number of amides is 2. The Hall–Kier alpha value is -2.57. The summed E-state index contributed by atoms with van der Waals surface area (Å²) in [5.41, 5.74) is 0.599. The Morgan fingerprint density at radius 1 is 1.30 bits per heavy atom. The number of anilines is 1. The Kier molecular flexibility index (Phi) is 5.56. The van der Waals surface area contributed by atoms with Gasteiger partial charge in [0.05, 0.1) is 25.3 Å². The molecule has 2 rings (SSSR count). The first kappa shape index (κ1) is 16.8. The summed E-state index contributed by atoms with van der Waals surface area (Å²) in [5, 5.41) is 2.52. The van der Waals surface area contributed by atoms with Gasteiger partial charge in [0.15, 0.2) is 6.10 Å². The van der Waals surface area contributed by atoms with Crippen LogP contribution in [0.15, 0.2) is 24.3 Å². The van der Waals surface area contributed by atoms with E-state index < -0.39 is 12.1 Å². The summed E-state index contributed by atoms with van der Waals surface area (Å²) < 4.78 is 10.5. The highest BCUT2D eigenvalue weighted by Crippen LogP contribution is 2.33. The molecule has 2 amide bonds. The summed E-state index contributed by atoms with van der Waals surface area (Å²) in [6.07, 6.45) is -0.744. The summed E-state index contributed by atoms with van der Waals surface area (Å²) >= 11 is 0. The maximum Gasteiger partial charge on any atom is 0.306 e. The van der Waals surface area contributed by atoms with Crippen molar-refractivity contribution in [2.75, 3.05) is 25.1 Å². The zero-order valence-corrected chi connectivity index (χ0v) is 13.2. The van der Waals surface area contributed by atoms with Crippen LogP contribution in [-0.2, 0) is 19.1 Å². The fourth-order valence-electron chi connectivity index (χ4n) is 2.35.